The zero-order valence-electron chi connectivity index (χ0n) is 13.2. The Hall–Kier alpha value is -1.90. The van der Waals surface area contributed by atoms with E-state index in [9.17, 15) is 8.78 Å². The summed E-state index contributed by atoms with van der Waals surface area (Å²) in [6.45, 7) is 12.8. The number of rotatable bonds is 7. The highest BCUT2D eigenvalue weighted by Crippen LogP contribution is 2.21. The zero-order valence-corrected chi connectivity index (χ0v) is 13.2. The third-order valence-corrected chi connectivity index (χ3v) is 2.70. The van der Waals surface area contributed by atoms with E-state index in [0.29, 0.717) is 0 Å². The molecule has 1 rings (SSSR count). The lowest BCUT2D eigenvalue weighted by Crippen LogP contribution is -2.02. The van der Waals surface area contributed by atoms with Crippen LogP contribution in [0.5, 0.6) is 0 Å². The first-order chi connectivity index (χ1) is 10.1. The van der Waals surface area contributed by atoms with Gasteiger partial charge in [0, 0.05) is 0 Å². The summed E-state index contributed by atoms with van der Waals surface area (Å²) >= 11 is 0. The Bertz CT molecular complexity index is 490. The van der Waals surface area contributed by atoms with Crippen LogP contribution >= 0.6 is 0 Å². The van der Waals surface area contributed by atoms with Gasteiger partial charge in [-0.05, 0) is 36.6 Å². The smallest absolute Gasteiger partial charge is 0.146 e. The fourth-order valence-corrected chi connectivity index (χ4v) is 1.66. The molecule has 0 heterocycles. The lowest BCUT2D eigenvalue weighted by atomic mass is 10.1. The molecule has 0 fully saturated rings. The number of nitrogens with one attached hydrogen (secondary N) is 1. The molecule has 0 aliphatic rings. The molecule has 0 aromatic heterocycles. The Morgan fingerprint density at radius 3 is 2.48 bits per heavy atom. The van der Waals surface area contributed by atoms with Crippen LogP contribution in [0.2, 0.25) is 0 Å². The van der Waals surface area contributed by atoms with Gasteiger partial charge in [-0.15, -0.1) is 0 Å². The van der Waals surface area contributed by atoms with E-state index in [2.05, 4.69) is 25.4 Å². The summed E-state index contributed by atoms with van der Waals surface area (Å²) in [4.78, 5) is 0. The van der Waals surface area contributed by atoms with Crippen LogP contribution < -0.4 is 5.32 Å². The van der Waals surface area contributed by atoms with Gasteiger partial charge in [0.25, 0.3) is 0 Å². The number of aryl methyl sites for hydroxylation is 1. The molecule has 0 aliphatic heterocycles. The molecule has 21 heavy (non-hydrogen) atoms. The van der Waals surface area contributed by atoms with Crippen LogP contribution in [-0.4, -0.2) is 0 Å². The normalized spacial score (nSPS) is 10.4. The molecule has 1 aromatic rings. The van der Waals surface area contributed by atoms with Crippen molar-refractivity contribution in [3.05, 3.63) is 66.4 Å². The van der Waals surface area contributed by atoms with Crippen LogP contribution in [-0.2, 0) is 6.42 Å². The summed E-state index contributed by atoms with van der Waals surface area (Å²) in [7, 11) is 0. The average Bonchev–Trinajstić information content (AvgIpc) is 2.48. The summed E-state index contributed by atoms with van der Waals surface area (Å²) < 4.78 is 27.0. The molecular formula is C18H25F2N. The van der Waals surface area contributed by atoms with Gasteiger partial charge in [-0.2, -0.15) is 0 Å². The second-order valence-corrected chi connectivity index (χ2v) is 4.26. The van der Waals surface area contributed by atoms with Crippen molar-refractivity contribution in [1.82, 2.24) is 0 Å². The van der Waals surface area contributed by atoms with Crippen LogP contribution in [0.3, 0.4) is 0 Å². The van der Waals surface area contributed by atoms with Gasteiger partial charge in [0.2, 0.25) is 0 Å². The standard InChI is InChI=1S/C16H19F2N.C2H6/c1-4-6-8-13-9-10-16(14(18)11-13)19-15(7-5-2)12(3)17;1-2/h5,7,9-11,19H,2-4,6,8H2,1H3;1-2H3/b15-7-;. The molecule has 0 aliphatic carbocycles. The van der Waals surface area contributed by atoms with Crippen LogP contribution in [0, 0.1) is 5.82 Å². The van der Waals surface area contributed by atoms with Gasteiger partial charge in [0.1, 0.15) is 11.6 Å². The summed E-state index contributed by atoms with van der Waals surface area (Å²) in [5.41, 5.74) is 1.28. The Morgan fingerprint density at radius 2 is 2.00 bits per heavy atom. The Morgan fingerprint density at radius 1 is 1.33 bits per heavy atom. The first kappa shape index (κ1) is 19.1. The van der Waals surface area contributed by atoms with Gasteiger partial charge in [0.05, 0.1) is 11.4 Å². The molecule has 116 valence electrons. The lowest BCUT2D eigenvalue weighted by Gasteiger charge is -2.10. The van der Waals surface area contributed by atoms with Gasteiger partial charge in [-0.1, -0.05) is 52.5 Å². The Kier molecular flexibility index (Phi) is 9.86. The van der Waals surface area contributed by atoms with E-state index in [0.717, 1.165) is 24.8 Å². The fourth-order valence-electron chi connectivity index (χ4n) is 1.66. The maximum absolute atomic E-state index is 13.9. The number of unbranched alkanes of at least 4 members (excludes halogenated alkanes) is 1. The molecule has 0 saturated carbocycles. The molecule has 0 bridgehead atoms. The summed E-state index contributed by atoms with van der Waals surface area (Å²) in [5.74, 6) is -1.06. The van der Waals surface area contributed by atoms with Crippen LogP contribution in [0.4, 0.5) is 14.5 Å². The molecule has 0 saturated heterocycles. The maximum atomic E-state index is 13.9. The van der Waals surface area contributed by atoms with Crippen molar-refractivity contribution in [3.63, 3.8) is 0 Å². The van der Waals surface area contributed by atoms with Crippen molar-refractivity contribution in [1.29, 1.82) is 0 Å². The van der Waals surface area contributed by atoms with E-state index in [1.54, 1.807) is 6.07 Å². The first-order valence-electron chi connectivity index (χ1n) is 7.31. The van der Waals surface area contributed by atoms with E-state index < -0.39 is 11.6 Å². The van der Waals surface area contributed by atoms with Crippen molar-refractivity contribution in [3.8, 4) is 0 Å². The highest BCUT2D eigenvalue weighted by Gasteiger charge is 2.07. The molecule has 0 atom stereocenters. The molecule has 3 heteroatoms. The second-order valence-electron chi connectivity index (χ2n) is 4.26. The summed E-state index contributed by atoms with van der Waals surface area (Å²) in [5, 5.41) is 2.67. The van der Waals surface area contributed by atoms with Gasteiger partial charge >= 0.3 is 0 Å². The van der Waals surface area contributed by atoms with Crippen molar-refractivity contribution in [2.75, 3.05) is 5.32 Å². The number of benzene rings is 1. The first-order valence-corrected chi connectivity index (χ1v) is 7.31. The SMILES string of the molecule is C=C/C=C(\Nc1ccc(CCCC)cc1F)C(=C)F.CC. The lowest BCUT2D eigenvalue weighted by molar-refractivity contribution is 0.625. The predicted octanol–water partition coefficient (Wildman–Crippen LogP) is 6.16. The monoisotopic (exact) mass is 293 g/mol. The van der Waals surface area contributed by atoms with Gasteiger partial charge < -0.3 is 5.32 Å². The van der Waals surface area contributed by atoms with E-state index in [-0.39, 0.29) is 11.4 Å². The largest absolute Gasteiger partial charge is 0.351 e. The highest BCUT2D eigenvalue weighted by molar-refractivity contribution is 5.54. The van der Waals surface area contributed by atoms with Crippen LogP contribution in [0.25, 0.3) is 0 Å². The van der Waals surface area contributed by atoms with Gasteiger partial charge in [-0.25, -0.2) is 8.78 Å². The molecule has 1 aromatic carbocycles. The topological polar surface area (TPSA) is 12.0 Å². The minimum Gasteiger partial charge on any atom is -0.351 e. The van der Waals surface area contributed by atoms with Crippen molar-refractivity contribution < 1.29 is 8.78 Å². The number of allylic oxidation sites excluding steroid dienone is 3. The van der Waals surface area contributed by atoms with Crippen LogP contribution in [0.1, 0.15) is 39.2 Å². The molecular weight excluding hydrogens is 268 g/mol. The molecule has 1 N–H and O–H groups in total. The van der Waals surface area contributed by atoms with E-state index in [1.165, 1.54) is 18.2 Å². The van der Waals surface area contributed by atoms with Crippen molar-refractivity contribution in [2.24, 2.45) is 0 Å². The van der Waals surface area contributed by atoms with Crippen molar-refractivity contribution in [2.45, 2.75) is 40.0 Å². The number of hydrogen-bond donors (Lipinski definition) is 1. The fraction of sp³-hybridized carbons (Fsp3) is 0.333. The third-order valence-electron chi connectivity index (χ3n) is 2.70. The number of anilines is 1. The van der Waals surface area contributed by atoms with Crippen molar-refractivity contribution >= 4 is 5.69 Å². The minimum atomic E-state index is -0.658. The third kappa shape index (κ3) is 6.89. The quantitative estimate of drug-likeness (QED) is 0.594. The Labute approximate surface area is 127 Å². The summed E-state index contributed by atoms with van der Waals surface area (Å²) in [6, 6.07) is 4.93. The molecule has 0 spiro atoms. The van der Waals surface area contributed by atoms with E-state index in [1.807, 2.05) is 19.9 Å². The zero-order chi connectivity index (χ0) is 16.3. The number of hydrogen-bond acceptors (Lipinski definition) is 1. The molecule has 1 nitrogen and oxygen atoms in total. The van der Waals surface area contributed by atoms with E-state index >= 15 is 0 Å². The Balaban J connectivity index is 0.00000191. The highest BCUT2D eigenvalue weighted by atomic mass is 19.1. The van der Waals surface area contributed by atoms with Gasteiger partial charge in [-0.3, -0.25) is 0 Å². The van der Waals surface area contributed by atoms with Crippen LogP contribution in [0.15, 0.2) is 55.0 Å². The number of halogens is 2. The predicted molar refractivity (Wildman–Crippen MR) is 88.5 cm³/mol. The van der Waals surface area contributed by atoms with E-state index in [4.69, 9.17) is 0 Å². The minimum absolute atomic E-state index is 0.107. The second kappa shape index (κ2) is 10.8. The average molecular weight is 293 g/mol. The summed E-state index contributed by atoms with van der Waals surface area (Å²) in [6.07, 6.45) is 5.76. The molecule has 0 unspecified atom stereocenters. The molecule has 0 radical (unpaired) electrons. The van der Waals surface area contributed by atoms with Gasteiger partial charge in [0.15, 0.2) is 0 Å². The molecule has 0 amide bonds. The maximum Gasteiger partial charge on any atom is 0.146 e.